The van der Waals surface area contributed by atoms with Gasteiger partial charge in [-0.1, -0.05) is 109 Å². The molecule has 12 rings (SSSR count). The minimum atomic E-state index is 0.856. The average molecular weight is 776 g/mol. The lowest BCUT2D eigenvalue weighted by molar-refractivity contribution is 0.669. The molecule has 2 nitrogen and oxygen atoms in total. The molecule has 272 valence electrons. The molecule has 12 aromatic rings. The van der Waals surface area contributed by atoms with E-state index in [2.05, 4.69) is 205 Å². The normalized spacial score (nSPS) is 12.2. The zero-order valence-electron chi connectivity index (χ0n) is 31.2. The topological polar surface area (TPSA) is 16.4 Å². The first-order valence-electron chi connectivity index (χ1n) is 19.6. The molecule has 0 atom stereocenters. The lowest BCUT2D eigenvalue weighted by atomic mass is 9.92. The summed E-state index contributed by atoms with van der Waals surface area (Å²) in [5.74, 6) is 0. The van der Waals surface area contributed by atoms with Crippen molar-refractivity contribution in [2.75, 3.05) is 4.90 Å². The van der Waals surface area contributed by atoms with Crippen molar-refractivity contribution in [1.82, 2.24) is 0 Å². The van der Waals surface area contributed by atoms with Crippen LogP contribution in [0.2, 0.25) is 0 Å². The summed E-state index contributed by atoms with van der Waals surface area (Å²) in [6.07, 6.45) is 2.36. The molecular formula is C54H33NOS2. The van der Waals surface area contributed by atoms with Crippen LogP contribution >= 0.6 is 22.7 Å². The van der Waals surface area contributed by atoms with Gasteiger partial charge >= 0.3 is 0 Å². The Morgan fingerprint density at radius 3 is 1.83 bits per heavy atom. The summed E-state index contributed by atoms with van der Waals surface area (Å²) >= 11 is 3.70. The first-order chi connectivity index (χ1) is 28.7. The largest absolute Gasteiger partial charge is 0.456 e. The second kappa shape index (κ2) is 13.3. The maximum Gasteiger partial charge on any atom is 0.137 e. The highest BCUT2D eigenvalue weighted by Gasteiger charge is 2.19. The fraction of sp³-hybridized carbons (Fsp3) is 0. The summed E-state index contributed by atoms with van der Waals surface area (Å²) in [4.78, 5) is 2.33. The van der Waals surface area contributed by atoms with E-state index in [-0.39, 0.29) is 0 Å². The lowest BCUT2D eigenvalue weighted by Crippen LogP contribution is -2.09. The predicted octanol–water partition coefficient (Wildman–Crippen LogP) is 16.5. The van der Waals surface area contributed by atoms with Gasteiger partial charge in [0.2, 0.25) is 0 Å². The number of anilines is 3. The molecule has 0 amide bonds. The Morgan fingerprint density at radius 1 is 0.397 bits per heavy atom. The van der Waals surface area contributed by atoms with Crippen LogP contribution in [0.1, 0.15) is 16.7 Å². The van der Waals surface area contributed by atoms with E-state index in [1.165, 1.54) is 67.8 Å². The zero-order valence-corrected chi connectivity index (χ0v) is 32.9. The molecule has 0 saturated heterocycles. The van der Waals surface area contributed by atoms with Gasteiger partial charge in [-0.15, -0.1) is 22.7 Å². The molecule has 0 saturated carbocycles. The first kappa shape index (κ1) is 33.2. The molecule has 0 aliphatic rings. The van der Waals surface area contributed by atoms with Crippen LogP contribution in [0.5, 0.6) is 0 Å². The summed E-state index contributed by atoms with van der Waals surface area (Å²) in [5, 5.41) is 9.81. The molecule has 0 N–H and O–H groups in total. The smallest absolute Gasteiger partial charge is 0.137 e. The standard InChI is InChI=1S/C54H33NOS2/c1-2-14-39(15-3-1)55(40-25-28-53-47(32-40)43-17-7-9-20-51(43)58-53)41-24-26-44-49(33-41)56-48-18-10-13-38(54(44)48)31-45(36-22-21-34-11-4-5-12-35(34)29-36)37-23-27-52-46(30-37)42-16-6-8-19-50(42)57-52/h1-33H/b45-31-. The molecule has 0 aliphatic carbocycles. The Kier molecular flexibility index (Phi) is 7.62. The van der Waals surface area contributed by atoms with Gasteiger partial charge in [-0.25, -0.2) is 0 Å². The third-order valence-electron chi connectivity index (χ3n) is 11.5. The van der Waals surface area contributed by atoms with Gasteiger partial charge in [-0.3, -0.25) is 0 Å². The highest BCUT2D eigenvalue weighted by atomic mass is 32.1. The van der Waals surface area contributed by atoms with Gasteiger partial charge in [-0.2, -0.15) is 0 Å². The van der Waals surface area contributed by atoms with Crippen LogP contribution in [0.4, 0.5) is 17.1 Å². The Morgan fingerprint density at radius 2 is 1.02 bits per heavy atom. The van der Waals surface area contributed by atoms with Gasteiger partial charge in [0, 0.05) is 74.2 Å². The van der Waals surface area contributed by atoms with Crippen molar-refractivity contribution in [3.8, 4) is 0 Å². The highest BCUT2D eigenvalue weighted by molar-refractivity contribution is 7.26. The third-order valence-corrected chi connectivity index (χ3v) is 13.8. The summed E-state index contributed by atoms with van der Waals surface area (Å²) in [6, 6.07) is 70.4. The number of benzene rings is 9. The Hall–Kier alpha value is -6.98. The second-order valence-corrected chi connectivity index (χ2v) is 17.0. The minimum Gasteiger partial charge on any atom is -0.456 e. The van der Waals surface area contributed by atoms with Crippen LogP contribution in [-0.2, 0) is 0 Å². The van der Waals surface area contributed by atoms with E-state index >= 15 is 0 Å². The van der Waals surface area contributed by atoms with Crippen molar-refractivity contribution in [3.05, 3.63) is 211 Å². The second-order valence-electron chi connectivity index (χ2n) is 14.9. The number of thiophene rings is 2. The van der Waals surface area contributed by atoms with E-state index in [1.807, 2.05) is 22.7 Å². The number of hydrogen-bond donors (Lipinski definition) is 0. The van der Waals surface area contributed by atoms with Gasteiger partial charge in [0.1, 0.15) is 11.2 Å². The number of furan rings is 1. The molecule has 0 unspecified atom stereocenters. The average Bonchev–Trinajstić information content (AvgIpc) is 3.97. The van der Waals surface area contributed by atoms with Gasteiger partial charge in [0.15, 0.2) is 0 Å². The van der Waals surface area contributed by atoms with Crippen LogP contribution in [0, 0.1) is 0 Å². The van der Waals surface area contributed by atoms with Crippen molar-refractivity contribution in [2.24, 2.45) is 0 Å². The van der Waals surface area contributed by atoms with Crippen molar-refractivity contribution in [1.29, 1.82) is 0 Å². The van der Waals surface area contributed by atoms with Gasteiger partial charge in [0.25, 0.3) is 0 Å². The van der Waals surface area contributed by atoms with Crippen molar-refractivity contribution >= 4 is 124 Å². The van der Waals surface area contributed by atoms with Crippen LogP contribution in [0.15, 0.2) is 199 Å². The molecular weight excluding hydrogens is 743 g/mol. The monoisotopic (exact) mass is 775 g/mol. The number of nitrogens with zero attached hydrogens (tertiary/aromatic N) is 1. The summed E-state index contributed by atoms with van der Waals surface area (Å²) in [6.45, 7) is 0. The van der Waals surface area contributed by atoms with Crippen LogP contribution in [0.25, 0.3) is 84.7 Å². The molecule has 4 heteroatoms. The maximum absolute atomic E-state index is 6.76. The van der Waals surface area contributed by atoms with Crippen molar-refractivity contribution in [2.45, 2.75) is 0 Å². The number of fused-ring (bicyclic) bond motifs is 10. The number of para-hydroxylation sites is 1. The van der Waals surface area contributed by atoms with E-state index in [0.29, 0.717) is 0 Å². The minimum absolute atomic E-state index is 0.856. The van der Waals surface area contributed by atoms with Gasteiger partial charge in [-0.05, 0) is 118 Å². The Balaban J connectivity index is 1.04. The third kappa shape index (κ3) is 5.45. The molecule has 0 spiro atoms. The van der Waals surface area contributed by atoms with E-state index < -0.39 is 0 Å². The molecule has 58 heavy (non-hydrogen) atoms. The SMILES string of the molecule is C(=C(\c1ccc2ccccc2c1)c1ccc2sc3ccccc3c2c1)/c1cccc2oc3cc(N(c4ccccc4)c4ccc5sc6ccccc6c5c4)ccc3c12. The fourth-order valence-corrected chi connectivity index (χ4v) is 10.9. The fourth-order valence-electron chi connectivity index (χ4n) is 8.72. The number of hydrogen-bond acceptors (Lipinski definition) is 4. The Bertz CT molecular complexity index is 3590. The molecule has 0 fully saturated rings. The van der Waals surface area contributed by atoms with Crippen molar-refractivity contribution in [3.63, 3.8) is 0 Å². The molecule has 0 aliphatic heterocycles. The van der Waals surface area contributed by atoms with Crippen LogP contribution in [0.3, 0.4) is 0 Å². The van der Waals surface area contributed by atoms with Gasteiger partial charge < -0.3 is 9.32 Å². The van der Waals surface area contributed by atoms with E-state index in [1.54, 1.807) is 0 Å². The van der Waals surface area contributed by atoms with E-state index in [0.717, 1.165) is 44.6 Å². The molecule has 0 radical (unpaired) electrons. The number of rotatable bonds is 6. The quantitative estimate of drug-likeness (QED) is 0.156. The first-order valence-corrected chi connectivity index (χ1v) is 21.2. The lowest BCUT2D eigenvalue weighted by Gasteiger charge is -2.25. The van der Waals surface area contributed by atoms with Crippen LogP contribution in [-0.4, -0.2) is 0 Å². The van der Waals surface area contributed by atoms with Gasteiger partial charge in [0.05, 0.1) is 0 Å². The van der Waals surface area contributed by atoms with E-state index in [4.69, 9.17) is 4.42 Å². The molecule has 0 bridgehead atoms. The van der Waals surface area contributed by atoms with Crippen LogP contribution < -0.4 is 4.90 Å². The Labute approximate surface area is 342 Å². The highest BCUT2D eigenvalue weighted by Crippen LogP contribution is 2.44. The zero-order chi connectivity index (χ0) is 38.2. The molecule has 9 aromatic carbocycles. The van der Waals surface area contributed by atoms with E-state index in [9.17, 15) is 0 Å². The summed E-state index contributed by atoms with van der Waals surface area (Å²) < 4.78 is 12.0. The summed E-state index contributed by atoms with van der Waals surface area (Å²) in [5.41, 5.74) is 9.63. The molecule has 3 aromatic heterocycles. The predicted molar refractivity (Wildman–Crippen MR) is 252 cm³/mol. The van der Waals surface area contributed by atoms with Crippen molar-refractivity contribution < 1.29 is 4.42 Å². The maximum atomic E-state index is 6.76. The summed E-state index contributed by atoms with van der Waals surface area (Å²) in [7, 11) is 0. The molecule has 3 heterocycles.